The second-order valence-corrected chi connectivity index (χ2v) is 5.01. The Hall–Kier alpha value is -2.71. The van der Waals surface area contributed by atoms with Crippen molar-refractivity contribution in [2.45, 2.75) is 19.7 Å². The van der Waals surface area contributed by atoms with Crippen LogP contribution >= 0.6 is 0 Å². The summed E-state index contributed by atoms with van der Waals surface area (Å²) in [6, 6.07) is 5.26. The molecular formula is C15H16F3N3O3. The highest BCUT2D eigenvalue weighted by atomic mass is 19.4. The Labute approximate surface area is 136 Å². The molecule has 1 aromatic heterocycles. The zero-order valence-electron chi connectivity index (χ0n) is 13.3. The van der Waals surface area contributed by atoms with E-state index in [0.29, 0.717) is 22.8 Å². The first-order valence-electron chi connectivity index (χ1n) is 6.91. The maximum Gasteiger partial charge on any atom is 0.573 e. The van der Waals surface area contributed by atoms with Crippen molar-refractivity contribution in [3.05, 3.63) is 35.5 Å². The first kappa shape index (κ1) is 17.6. The highest BCUT2D eigenvalue weighted by molar-refractivity contribution is 5.94. The molecule has 0 unspecified atom stereocenters. The van der Waals surface area contributed by atoms with E-state index in [1.807, 2.05) is 0 Å². The van der Waals surface area contributed by atoms with Gasteiger partial charge < -0.3 is 14.8 Å². The number of hydrogen-bond donors (Lipinski definition) is 1. The van der Waals surface area contributed by atoms with Gasteiger partial charge in [-0.1, -0.05) is 12.1 Å². The van der Waals surface area contributed by atoms with E-state index in [1.54, 1.807) is 14.0 Å². The van der Waals surface area contributed by atoms with Crippen molar-refractivity contribution in [3.8, 4) is 11.6 Å². The van der Waals surface area contributed by atoms with E-state index < -0.39 is 12.3 Å². The summed E-state index contributed by atoms with van der Waals surface area (Å²) in [5, 5.41) is 6.78. The standard InChI is InChI=1S/C15H16F3N3O3/c1-9-13(14(23-3)21(2)20-9)19-12(22)8-10-5-4-6-11(7-10)24-15(16,17)18/h4-7H,8H2,1-3H3,(H,19,22). The van der Waals surface area contributed by atoms with Crippen LogP contribution < -0.4 is 14.8 Å². The van der Waals surface area contributed by atoms with Gasteiger partial charge in [-0.3, -0.25) is 4.79 Å². The summed E-state index contributed by atoms with van der Waals surface area (Å²) in [5.74, 6) is -0.397. The average molecular weight is 343 g/mol. The number of anilines is 1. The van der Waals surface area contributed by atoms with Gasteiger partial charge in [0.2, 0.25) is 11.8 Å². The molecule has 24 heavy (non-hydrogen) atoms. The zero-order chi connectivity index (χ0) is 17.9. The fourth-order valence-electron chi connectivity index (χ4n) is 2.24. The topological polar surface area (TPSA) is 65.4 Å². The number of nitrogens with one attached hydrogen (secondary N) is 1. The Morgan fingerprint density at radius 3 is 2.71 bits per heavy atom. The van der Waals surface area contributed by atoms with Crippen LogP contribution in [-0.2, 0) is 18.3 Å². The SMILES string of the molecule is COc1c(NC(=O)Cc2cccc(OC(F)(F)F)c2)c(C)nn1C. The summed E-state index contributed by atoms with van der Waals surface area (Å²) in [5.41, 5.74) is 1.37. The fraction of sp³-hybridized carbons (Fsp3) is 0.333. The molecule has 0 atom stereocenters. The van der Waals surface area contributed by atoms with Crippen LogP contribution in [0.1, 0.15) is 11.3 Å². The second-order valence-electron chi connectivity index (χ2n) is 5.01. The van der Waals surface area contributed by atoms with Crippen LogP contribution in [0.15, 0.2) is 24.3 Å². The Balaban J connectivity index is 2.09. The molecule has 0 bridgehead atoms. The van der Waals surface area contributed by atoms with E-state index in [1.165, 1.54) is 36.1 Å². The van der Waals surface area contributed by atoms with Gasteiger partial charge in [-0.05, 0) is 24.6 Å². The smallest absolute Gasteiger partial charge is 0.480 e. The maximum absolute atomic E-state index is 12.2. The predicted octanol–water partition coefficient (Wildman–Crippen LogP) is 2.82. The minimum absolute atomic E-state index is 0.119. The first-order valence-corrected chi connectivity index (χ1v) is 6.91. The zero-order valence-corrected chi connectivity index (χ0v) is 13.3. The van der Waals surface area contributed by atoms with Crippen molar-refractivity contribution in [1.29, 1.82) is 0 Å². The minimum Gasteiger partial charge on any atom is -0.480 e. The van der Waals surface area contributed by atoms with Gasteiger partial charge in [0.25, 0.3) is 0 Å². The lowest BCUT2D eigenvalue weighted by atomic mass is 10.1. The summed E-state index contributed by atoms with van der Waals surface area (Å²) in [4.78, 5) is 12.1. The predicted molar refractivity (Wildman–Crippen MR) is 80.0 cm³/mol. The molecule has 0 saturated carbocycles. The number of halogens is 3. The lowest BCUT2D eigenvalue weighted by molar-refractivity contribution is -0.274. The highest BCUT2D eigenvalue weighted by Crippen LogP contribution is 2.27. The van der Waals surface area contributed by atoms with Crippen molar-refractivity contribution in [1.82, 2.24) is 9.78 Å². The number of alkyl halides is 3. The van der Waals surface area contributed by atoms with E-state index in [0.717, 1.165) is 0 Å². The molecule has 1 amide bonds. The van der Waals surface area contributed by atoms with Crippen LogP contribution in [0.25, 0.3) is 0 Å². The van der Waals surface area contributed by atoms with Gasteiger partial charge in [0, 0.05) is 7.05 Å². The fourth-order valence-corrected chi connectivity index (χ4v) is 2.24. The normalized spacial score (nSPS) is 11.2. The molecule has 0 spiro atoms. The van der Waals surface area contributed by atoms with Crippen molar-refractivity contribution in [3.63, 3.8) is 0 Å². The Morgan fingerprint density at radius 2 is 2.08 bits per heavy atom. The molecule has 0 aliphatic heterocycles. The lowest BCUT2D eigenvalue weighted by Gasteiger charge is -2.10. The number of aromatic nitrogens is 2. The first-order chi connectivity index (χ1) is 11.2. The van der Waals surface area contributed by atoms with Crippen LogP contribution in [0.5, 0.6) is 11.6 Å². The van der Waals surface area contributed by atoms with Crippen LogP contribution in [-0.4, -0.2) is 29.2 Å². The molecule has 0 aliphatic rings. The van der Waals surface area contributed by atoms with E-state index >= 15 is 0 Å². The van der Waals surface area contributed by atoms with Gasteiger partial charge in [-0.15, -0.1) is 13.2 Å². The summed E-state index contributed by atoms with van der Waals surface area (Å²) in [6.45, 7) is 1.70. The molecule has 1 heterocycles. The highest BCUT2D eigenvalue weighted by Gasteiger charge is 2.31. The molecule has 0 saturated heterocycles. The van der Waals surface area contributed by atoms with E-state index in [-0.39, 0.29) is 12.2 Å². The van der Waals surface area contributed by atoms with E-state index in [4.69, 9.17) is 4.74 Å². The van der Waals surface area contributed by atoms with E-state index in [2.05, 4.69) is 15.2 Å². The van der Waals surface area contributed by atoms with Gasteiger partial charge in [-0.25, -0.2) is 4.68 Å². The number of nitrogens with zero attached hydrogens (tertiary/aromatic N) is 2. The van der Waals surface area contributed by atoms with Crippen LogP contribution in [0.3, 0.4) is 0 Å². The number of rotatable bonds is 5. The number of benzene rings is 1. The Bertz CT molecular complexity index is 741. The average Bonchev–Trinajstić information content (AvgIpc) is 2.71. The van der Waals surface area contributed by atoms with E-state index in [9.17, 15) is 18.0 Å². The third-order valence-corrected chi connectivity index (χ3v) is 3.12. The monoisotopic (exact) mass is 343 g/mol. The Morgan fingerprint density at radius 1 is 1.38 bits per heavy atom. The molecule has 9 heteroatoms. The van der Waals surface area contributed by atoms with Crippen molar-refractivity contribution in [2.75, 3.05) is 12.4 Å². The number of aryl methyl sites for hydroxylation is 2. The quantitative estimate of drug-likeness (QED) is 0.907. The molecule has 6 nitrogen and oxygen atoms in total. The van der Waals surface area contributed by atoms with Gasteiger partial charge in [0.1, 0.15) is 11.4 Å². The third-order valence-electron chi connectivity index (χ3n) is 3.12. The number of carbonyl (C=O) groups excluding carboxylic acids is 1. The largest absolute Gasteiger partial charge is 0.573 e. The molecule has 130 valence electrons. The van der Waals surface area contributed by atoms with Crippen molar-refractivity contribution >= 4 is 11.6 Å². The summed E-state index contributed by atoms with van der Waals surface area (Å²) < 4.78 is 47.2. The van der Waals surface area contributed by atoms with Crippen molar-refractivity contribution in [2.24, 2.45) is 7.05 Å². The molecule has 1 N–H and O–H groups in total. The third kappa shape index (κ3) is 4.40. The van der Waals surface area contributed by atoms with Gasteiger partial charge in [0.15, 0.2) is 0 Å². The van der Waals surface area contributed by atoms with Crippen LogP contribution in [0.4, 0.5) is 18.9 Å². The maximum atomic E-state index is 12.2. The second kappa shape index (κ2) is 6.81. The van der Waals surface area contributed by atoms with Crippen molar-refractivity contribution < 1.29 is 27.4 Å². The molecule has 0 radical (unpaired) electrons. The van der Waals surface area contributed by atoms with Gasteiger partial charge in [0.05, 0.1) is 19.2 Å². The summed E-state index contributed by atoms with van der Waals surface area (Å²) >= 11 is 0. The number of amides is 1. The number of ether oxygens (including phenoxy) is 2. The Kier molecular flexibility index (Phi) is 5.01. The number of hydrogen-bond acceptors (Lipinski definition) is 4. The molecule has 2 rings (SSSR count). The van der Waals surface area contributed by atoms with Gasteiger partial charge >= 0.3 is 6.36 Å². The molecule has 2 aromatic rings. The van der Waals surface area contributed by atoms with Gasteiger partial charge in [-0.2, -0.15) is 5.10 Å². The number of carbonyl (C=O) groups is 1. The molecule has 0 aliphatic carbocycles. The summed E-state index contributed by atoms with van der Waals surface area (Å²) in [6.07, 6.45) is -4.90. The number of methoxy groups -OCH3 is 1. The van der Waals surface area contributed by atoms with Crippen LogP contribution in [0, 0.1) is 6.92 Å². The lowest BCUT2D eigenvalue weighted by Crippen LogP contribution is -2.18. The molecule has 0 fully saturated rings. The minimum atomic E-state index is -4.78. The molecular weight excluding hydrogens is 327 g/mol. The summed E-state index contributed by atoms with van der Waals surface area (Å²) in [7, 11) is 3.11. The van der Waals surface area contributed by atoms with Crippen LogP contribution in [0.2, 0.25) is 0 Å². The molecule has 1 aromatic carbocycles.